The number of furan rings is 1. The summed E-state index contributed by atoms with van der Waals surface area (Å²) < 4.78 is 10.9. The highest BCUT2D eigenvalue weighted by Crippen LogP contribution is 2.11. The highest BCUT2D eigenvalue weighted by molar-refractivity contribution is 6.04. The van der Waals surface area contributed by atoms with Gasteiger partial charge in [-0.2, -0.15) is 0 Å². The van der Waals surface area contributed by atoms with E-state index in [9.17, 15) is 19.2 Å². The summed E-state index contributed by atoms with van der Waals surface area (Å²) in [4.78, 5) is 51.0. The number of nitrogens with zero attached hydrogens (tertiary/aromatic N) is 1. The number of rotatable bonds is 6. The number of anilines is 1. The van der Waals surface area contributed by atoms with Crippen molar-refractivity contribution < 1.29 is 18.7 Å². The molecule has 1 aromatic carbocycles. The van der Waals surface area contributed by atoms with Crippen molar-refractivity contribution in [2.45, 2.75) is 13.5 Å². The van der Waals surface area contributed by atoms with Crippen LogP contribution in [0.1, 0.15) is 33.4 Å². The molecule has 9 nitrogen and oxygen atoms in total. The number of hydrogen-bond acceptors (Lipinski definition) is 6. The van der Waals surface area contributed by atoms with Crippen molar-refractivity contribution in [3.8, 4) is 0 Å². The molecule has 0 atom stereocenters. The van der Waals surface area contributed by atoms with Crippen LogP contribution in [0, 0.1) is 0 Å². The summed E-state index contributed by atoms with van der Waals surface area (Å²) in [5.74, 6) is -0.764. The summed E-state index contributed by atoms with van der Waals surface area (Å²) in [6, 6.07) is 9.26. The van der Waals surface area contributed by atoms with Crippen molar-refractivity contribution in [3.05, 3.63) is 86.6 Å². The molecular weight excluding hydrogens is 366 g/mol. The van der Waals surface area contributed by atoms with Crippen LogP contribution in [0.2, 0.25) is 0 Å². The van der Waals surface area contributed by atoms with E-state index in [0.29, 0.717) is 17.0 Å². The second-order valence-corrected chi connectivity index (χ2v) is 5.73. The van der Waals surface area contributed by atoms with Crippen molar-refractivity contribution in [1.82, 2.24) is 9.55 Å². The monoisotopic (exact) mass is 383 g/mol. The minimum atomic E-state index is -0.749. The summed E-state index contributed by atoms with van der Waals surface area (Å²) in [6.07, 6.45) is 2.48. The number of benzene rings is 1. The van der Waals surface area contributed by atoms with Gasteiger partial charge in [0.1, 0.15) is 11.3 Å². The largest absolute Gasteiger partial charge is 0.467 e. The van der Waals surface area contributed by atoms with Crippen LogP contribution in [0.4, 0.5) is 5.69 Å². The van der Waals surface area contributed by atoms with Crippen LogP contribution >= 0.6 is 0 Å². The molecule has 0 bridgehead atoms. The molecule has 0 fully saturated rings. The molecule has 0 aliphatic carbocycles. The van der Waals surface area contributed by atoms with E-state index in [1.54, 1.807) is 19.1 Å². The summed E-state index contributed by atoms with van der Waals surface area (Å²) in [5.41, 5.74) is -0.927. The fraction of sp³-hybridized carbons (Fsp3) is 0.158. The van der Waals surface area contributed by atoms with Gasteiger partial charge in [-0.1, -0.05) is 0 Å². The average Bonchev–Trinajstić information content (AvgIpc) is 3.19. The van der Waals surface area contributed by atoms with E-state index in [2.05, 4.69) is 10.3 Å². The molecule has 2 N–H and O–H groups in total. The smallest absolute Gasteiger partial charge is 0.338 e. The molecule has 3 rings (SSSR count). The predicted octanol–water partition coefficient (Wildman–Crippen LogP) is 1.61. The number of carbonyl (C=O) groups is 2. The minimum Gasteiger partial charge on any atom is -0.467 e. The molecule has 0 aliphatic heterocycles. The summed E-state index contributed by atoms with van der Waals surface area (Å²) >= 11 is 0. The Morgan fingerprint density at radius 3 is 2.57 bits per heavy atom. The van der Waals surface area contributed by atoms with Gasteiger partial charge in [0.15, 0.2) is 0 Å². The molecule has 0 saturated carbocycles. The predicted molar refractivity (Wildman–Crippen MR) is 99.5 cm³/mol. The van der Waals surface area contributed by atoms with Crippen LogP contribution in [0.3, 0.4) is 0 Å². The normalized spacial score (nSPS) is 10.5. The average molecular weight is 383 g/mol. The number of H-pyrrole nitrogens is 1. The molecule has 1 amide bonds. The maximum atomic E-state index is 12.5. The Hall–Kier alpha value is -3.88. The Labute approximate surface area is 158 Å². The Bertz CT molecular complexity index is 1090. The maximum Gasteiger partial charge on any atom is 0.338 e. The zero-order valence-corrected chi connectivity index (χ0v) is 14.9. The molecule has 28 heavy (non-hydrogen) atoms. The lowest BCUT2D eigenvalue weighted by atomic mass is 10.2. The molecular formula is C19H17N3O6. The van der Waals surface area contributed by atoms with Crippen molar-refractivity contribution in [2.24, 2.45) is 0 Å². The molecule has 144 valence electrons. The van der Waals surface area contributed by atoms with Gasteiger partial charge < -0.3 is 19.5 Å². The first kappa shape index (κ1) is 18.9. The van der Waals surface area contributed by atoms with Gasteiger partial charge >= 0.3 is 11.7 Å². The van der Waals surface area contributed by atoms with Gasteiger partial charge in [0, 0.05) is 11.9 Å². The third kappa shape index (κ3) is 4.09. The van der Waals surface area contributed by atoms with Crippen LogP contribution in [-0.2, 0) is 11.3 Å². The molecule has 2 aromatic heterocycles. The van der Waals surface area contributed by atoms with E-state index in [-0.39, 0.29) is 18.7 Å². The SMILES string of the molecule is CCOC(=O)c1ccc(NC(=O)c2c[nH]c(=O)n(Cc3ccco3)c2=O)cc1. The Morgan fingerprint density at radius 1 is 1.18 bits per heavy atom. The van der Waals surface area contributed by atoms with E-state index < -0.39 is 23.1 Å². The van der Waals surface area contributed by atoms with E-state index in [1.165, 1.54) is 30.5 Å². The number of esters is 1. The lowest BCUT2D eigenvalue weighted by Crippen LogP contribution is -2.39. The molecule has 0 unspecified atom stereocenters. The standard InChI is InChI=1S/C19H17N3O6/c1-2-27-18(25)12-5-7-13(8-6-12)21-16(23)15-10-20-19(26)22(17(15)24)11-14-4-3-9-28-14/h3-10H,2,11H2,1H3,(H,20,26)(H,21,23). The molecule has 0 radical (unpaired) electrons. The number of ether oxygens (including phenoxy) is 1. The zero-order chi connectivity index (χ0) is 20.1. The number of carbonyl (C=O) groups excluding carboxylic acids is 2. The summed E-state index contributed by atoms with van der Waals surface area (Å²) in [5, 5.41) is 2.55. The minimum absolute atomic E-state index is 0.101. The van der Waals surface area contributed by atoms with E-state index in [0.717, 1.165) is 10.8 Å². The van der Waals surface area contributed by atoms with Crippen LogP contribution in [0.15, 0.2) is 62.9 Å². The quantitative estimate of drug-likeness (QED) is 0.623. The first-order valence-electron chi connectivity index (χ1n) is 8.43. The van der Waals surface area contributed by atoms with Crippen molar-refractivity contribution in [2.75, 3.05) is 11.9 Å². The number of aromatic nitrogens is 2. The molecule has 2 heterocycles. The van der Waals surface area contributed by atoms with Gasteiger partial charge in [-0.15, -0.1) is 0 Å². The van der Waals surface area contributed by atoms with E-state index in [1.807, 2.05) is 0 Å². The number of nitrogens with one attached hydrogen (secondary N) is 2. The van der Waals surface area contributed by atoms with Gasteiger partial charge in [0.25, 0.3) is 11.5 Å². The first-order chi connectivity index (χ1) is 13.5. The highest BCUT2D eigenvalue weighted by Gasteiger charge is 2.16. The lowest BCUT2D eigenvalue weighted by molar-refractivity contribution is 0.0526. The van der Waals surface area contributed by atoms with Gasteiger partial charge in [0.2, 0.25) is 0 Å². The van der Waals surface area contributed by atoms with Gasteiger partial charge in [-0.05, 0) is 43.3 Å². The van der Waals surface area contributed by atoms with Crippen LogP contribution < -0.4 is 16.6 Å². The van der Waals surface area contributed by atoms with Gasteiger partial charge in [0.05, 0.1) is 25.0 Å². The second kappa shape index (κ2) is 8.21. The Morgan fingerprint density at radius 2 is 1.93 bits per heavy atom. The molecule has 0 spiro atoms. The van der Waals surface area contributed by atoms with Gasteiger partial charge in [-0.25, -0.2) is 9.59 Å². The van der Waals surface area contributed by atoms with Crippen molar-refractivity contribution in [3.63, 3.8) is 0 Å². The third-order valence-corrected chi connectivity index (χ3v) is 3.85. The first-order valence-corrected chi connectivity index (χ1v) is 8.43. The van der Waals surface area contributed by atoms with Crippen LogP contribution in [0.25, 0.3) is 0 Å². The summed E-state index contributed by atoms with van der Waals surface area (Å²) in [6.45, 7) is 1.86. The molecule has 0 saturated heterocycles. The van der Waals surface area contributed by atoms with Crippen LogP contribution in [0.5, 0.6) is 0 Å². The number of hydrogen-bond donors (Lipinski definition) is 2. The van der Waals surface area contributed by atoms with Crippen molar-refractivity contribution >= 4 is 17.6 Å². The fourth-order valence-electron chi connectivity index (χ4n) is 2.48. The second-order valence-electron chi connectivity index (χ2n) is 5.73. The highest BCUT2D eigenvalue weighted by atomic mass is 16.5. The molecule has 0 aliphatic rings. The topological polar surface area (TPSA) is 123 Å². The number of aromatic amines is 1. The zero-order valence-electron chi connectivity index (χ0n) is 14.9. The molecule has 9 heteroatoms. The number of amides is 1. The van der Waals surface area contributed by atoms with E-state index in [4.69, 9.17) is 9.15 Å². The Kier molecular flexibility index (Phi) is 5.54. The lowest BCUT2D eigenvalue weighted by Gasteiger charge is -2.08. The summed E-state index contributed by atoms with van der Waals surface area (Å²) in [7, 11) is 0. The van der Waals surface area contributed by atoms with E-state index >= 15 is 0 Å². The van der Waals surface area contributed by atoms with Gasteiger partial charge in [-0.3, -0.25) is 14.2 Å². The van der Waals surface area contributed by atoms with Crippen LogP contribution in [-0.4, -0.2) is 28.0 Å². The van der Waals surface area contributed by atoms with Crippen molar-refractivity contribution in [1.29, 1.82) is 0 Å². The Balaban J connectivity index is 1.80. The molecule has 3 aromatic rings. The maximum absolute atomic E-state index is 12.5. The third-order valence-electron chi connectivity index (χ3n) is 3.85. The fourth-order valence-corrected chi connectivity index (χ4v) is 2.48.